The number of amides is 2. The summed E-state index contributed by atoms with van der Waals surface area (Å²) in [6.07, 6.45) is 0.416. The molecule has 0 bridgehead atoms. The molecule has 1 aliphatic heterocycles. The van der Waals surface area contributed by atoms with Crippen LogP contribution < -0.4 is 15.4 Å². The zero-order chi connectivity index (χ0) is 25.0. The first kappa shape index (κ1) is 24.5. The highest BCUT2D eigenvalue weighted by atomic mass is 32.2. The number of carbonyl (C=O) groups excluding carboxylic acids is 2. The molecule has 3 aromatic rings. The van der Waals surface area contributed by atoms with Gasteiger partial charge in [0, 0.05) is 12.2 Å². The van der Waals surface area contributed by atoms with Crippen molar-refractivity contribution in [3.05, 3.63) is 90.5 Å². The van der Waals surface area contributed by atoms with Crippen LogP contribution in [-0.2, 0) is 26.0 Å². The van der Waals surface area contributed by atoms with Gasteiger partial charge in [-0.05, 0) is 60.6 Å². The van der Waals surface area contributed by atoms with E-state index in [4.69, 9.17) is 17.4 Å². The van der Waals surface area contributed by atoms with Crippen molar-refractivity contribution in [2.45, 2.75) is 23.8 Å². The zero-order valence-electron chi connectivity index (χ0n) is 18.7. The molecule has 1 aliphatic rings. The molecule has 180 valence electrons. The normalized spacial score (nSPS) is 16.0. The molecule has 8 nitrogen and oxygen atoms in total. The lowest BCUT2D eigenvalue weighted by Crippen LogP contribution is -2.39. The van der Waals surface area contributed by atoms with Gasteiger partial charge in [0.15, 0.2) is 5.11 Å². The van der Waals surface area contributed by atoms with Crippen LogP contribution in [-0.4, -0.2) is 42.8 Å². The number of para-hydroxylation sites is 2. The molecule has 0 radical (unpaired) electrons. The topological polar surface area (TPSA) is 113 Å². The third-order valence-corrected chi connectivity index (χ3v) is 7.01. The molecule has 1 atom stereocenters. The number of anilines is 2. The summed E-state index contributed by atoms with van der Waals surface area (Å²) in [5, 5.41) is 8.31. The maximum absolute atomic E-state index is 13.4. The van der Waals surface area contributed by atoms with E-state index in [1.54, 1.807) is 41.3 Å². The van der Waals surface area contributed by atoms with E-state index in [1.165, 1.54) is 17.0 Å². The number of hydrogen-bond acceptors (Lipinski definition) is 5. The standard InChI is InChI=1S/C25H24N4O4S2/c26-35(32,33)21-13-11-18(12-14-21)15-16-28-22(17-23(30)27-19-7-3-1-4-8-19)24(31)29(25(28)34)20-9-5-2-6-10-20/h1-14,22H,15-17H2,(H,27,30)(H2,26,32,33). The Morgan fingerprint density at radius 3 is 2.14 bits per heavy atom. The maximum atomic E-state index is 13.4. The third kappa shape index (κ3) is 5.73. The van der Waals surface area contributed by atoms with E-state index in [2.05, 4.69) is 5.32 Å². The first-order valence-corrected chi connectivity index (χ1v) is 12.9. The summed E-state index contributed by atoms with van der Waals surface area (Å²) in [5.74, 6) is -0.566. The fourth-order valence-corrected chi connectivity index (χ4v) is 4.84. The number of thiocarbonyl (C=S) groups is 1. The van der Waals surface area contributed by atoms with Gasteiger partial charge in [0.05, 0.1) is 17.0 Å². The number of sulfonamides is 1. The van der Waals surface area contributed by atoms with E-state index in [0.717, 1.165) is 5.56 Å². The molecule has 3 N–H and O–H groups in total. The fourth-order valence-electron chi connectivity index (χ4n) is 3.91. The van der Waals surface area contributed by atoms with Gasteiger partial charge in [0.1, 0.15) is 6.04 Å². The average Bonchev–Trinajstić information content (AvgIpc) is 3.07. The Morgan fingerprint density at radius 2 is 1.54 bits per heavy atom. The molecule has 1 heterocycles. The Kier molecular flexibility index (Phi) is 7.25. The average molecular weight is 509 g/mol. The number of carbonyl (C=O) groups is 2. The quantitative estimate of drug-likeness (QED) is 0.453. The van der Waals surface area contributed by atoms with Crippen molar-refractivity contribution < 1.29 is 18.0 Å². The minimum Gasteiger partial charge on any atom is -0.336 e. The molecular formula is C25H24N4O4S2. The number of benzene rings is 3. The van der Waals surface area contributed by atoms with Gasteiger partial charge in [-0.15, -0.1) is 0 Å². The molecule has 2 amide bonds. The molecule has 4 rings (SSSR count). The third-order valence-electron chi connectivity index (χ3n) is 5.66. The summed E-state index contributed by atoms with van der Waals surface area (Å²) in [7, 11) is -3.78. The molecular weight excluding hydrogens is 484 g/mol. The van der Waals surface area contributed by atoms with Crippen LogP contribution in [0.3, 0.4) is 0 Å². The van der Waals surface area contributed by atoms with Crippen LogP contribution >= 0.6 is 12.2 Å². The van der Waals surface area contributed by atoms with Crippen LogP contribution in [0.15, 0.2) is 89.8 Å². The zero-order valence-corrected chi connectivity index (χ0v) is 20.3. The largest absolute Gasteiger partial charge is 0.336 e. The van der Waals surface area contributed by atoms with Gasteiger partial charge in [-0.2, -0.15) is 0 Å². The summed E-state index contributed by atoms with van der Waals surface area (Å²) in [6, 6.07) is 23.6. The lowest BCUT2D eigenvalue weighted by Gasteiger charge is -2.24. The van der Waals surface area contributed by atoms with Gasteiger partial charge in [0.25, 0.3) is 5.91 Å². The summed E-state index contributed by atoms with van der Waals surface area (Å²) in [6.45, 7) is 0.367. The van der Waals surface area contributed by atoms with E-state index in [1.807, 2.05) is 36.4 Å². The Hall–Kier alpha value is -3.60. The number of nitrogens with zero attached hydrogens (tertiary/aromatic N) is 2. The lowest BCUT2D eigenvalue weighted by atomic mass is 10.1. The molecule has 0 saturated carbocycles. The van der Waals surface area contributed by atoms with Crippen LogP contribution in [0.2, 0.25) is 0 Å². The van der Waals surface area contributed by atoms with Crippen LogP contribution in [0.4, 0.5) is 11.4 Å². The summed E-state index contributed by atoms with van der Waals surface area (Å²) in [5.41, 5.74) is 2.13. The first-order chi connectivity index (χ1) is 16.7. The minimum atomic E-state index is -3.78. The monoisotopic (exact) mass is 508 g/mol. The smallest absolute Gasteiger partial charge is 0.256 e. The van der Waals surface area contributed by atoms with E-state index in [-0.39, 0.29) is 23.1 Å². The molecule has 3 aromatic carbocycles. The number of hydrogen-bond donors (Lipinski definition) is 2. The number of primary sulfonamides is 1. The SMILES string of the molecule is NS(=O)(=O)c1ccc(CCN2C(=S)N(c3ccccc3)C(=O)C2CC(=O)Nc2ccccc2)cc1. The lowest BCUT2D eigenvalue weighted by molar-refractivity contribution is -0.124. The van der Waals surface area contributed by atoms with Crippen LogP contribution in [0.25, 0.3) is 0 Å². The summed E-state index contributed by atoms with van der Waals surface area (Å²) < 4.78 is 23.0. The number of rotatable bonds is 8. The fraction of sp³-hybridized carbons (Fsp3) is 0.160. The van der Waals surface area contributed by atoms with Gasteiger partial charge in [0.2, 0.25) is 15.9 Å². The van der Waals surface area contributed by atoms with Crippen molar-refractivity contribution in [2.24, 2.45) is 5.14 Å². The summed E-state index contributed by atoms with van der Waals surface area (Å²) >= 11 is 5.67. The Bertz CT molecular complexity index is 1330. The molecule has 0 spiro atoms. The van der Waals surface area contributed by atoms with E-state index in [0.29, 0.717) is 29.5 Å². The molecule has 1 saturated heterocycles. The molecule has 0 aromatic heterocycles. The predicted octanol–water partition coefficient (Wildman–Crippen LogP) is 2.91. The Labute approximate surface area is 209 Å². The van der Waals surface area contributed by atoms with Gasteiger partial charge in [-0.25, -0.2) is 13.6 Å². The molecule has 1 unspecified atom stereocenters. The Balaban J connectivity index is 1.54. The van der Waals surface area contributed by atoms with Gasteiger partial charge >= 0.3 is 0 Å². The van der Waals surface area contributed by atoms with Crippen molar-refractivity contribution in [3.8, 4) is 0 Å². The second-order valence-electron chi connectivity index (χ2n) is 8.06. The van der Waals surface area contributed by atoms with Gasteiger partial charge < -0.3 is 10.2 Å². The Morgan fingerprint density at radius 1 is 0.943 bits per heavy atom. The molecule has 1 fully saturated rings. The number of nitrogens with two attached hydrogens (primary N) is 1. The van der Waals surface area contributed by atoms with Crippen LogP contribution in [0.5, 0.6) is 0 Å². The van der Waals surface area contributed by atoms with Gasteiger partial charge in [-0.1, -0.05) is 48.5 Å². The summed E-state index contributed by atoms with van der Waals surface area (Å²) in [4.78, 5) is 29.4. The highest BCUT2D eigenvalue weighted by molar-refractivity contribution is 7.89. The molecule has 0 aliphatic carbocycles. The van der Waals surface area contributed by atoms with Crippen LogP contribution in [0.1, 0.15) is 12.0 Å². The van der Waals surface area contributed by atoms with Crippen molar-refractivity contribution >= 4 is 50.5 Å². The second-order valence-corrected chi connectivity index (χ2v) is 9.98. The highest BCUT2D eigenvalue weighted by Gasteiger charge is 2.43. The van der Waals surface area contributed by atoms with E-state index >= 15 is 0 Å². The predicted molar refractivity (Wildman–Crippen MR) is 138 cm³/mol. The van der Waals surface area contributed by atoms with Gasteiger partial charge in [-0.3, -0.25) is 14.5 Å². The maximum Gasteiger partial charge on any atom is 0.256 e. The number of nitrogens with one attached hydrogen (secondary N) is 1. The first-order valence-electron chi connectivity index (χ1n) is 10.9. The minimum absolute atomic E-state index is 0.0267. The van der Waals surface area contributed by atoms with Crippen molar-refractivity contribution in [1.82, 2.24) is 4.90 Å². The van der Waals surface area contributed by atoms with Crippen molar-refractivity contribution in [1.29, 1.82) is 0 Å². The second kappa shape index (κ2) is 10.3. The molecule has 35 heavy (non-hydrogen) atoms. The van der Waals surface area contributed by atoms with Crippen LogP contribution in [0, 0.1) is 0 Å². The van der Waals surface area contributed by atoms with E-state index < -0.39 is 16.1 Å². The molecule has 10 heteroatoms. The van der Waals surface area contributed by atoms with Crippen molar-refractivity contribution in [2.75, 3.05) is 16.8 Å². The van der Waals surface area contributed by atoms with Crippen molar-refractivity contribution in [3.63, 3.8) is 0 Å². The van der Waals surface area contributed by atoms with E-state index in [9.17, 15) is 18.0 Å². The highest BCUT2D eigenvalue weighted by Crippen LogP contribution is 2.27.